The highest BCUT2D eigenvalue weighted by Gasteiger charge is 2.13. The summed E-state index contributed by atoms with van der Waals surface area (Å²) in [5.74, 6) is -0.746. The van der Waals surface area contributed by atoms with E-state index in [0.717, 1.165) is 6.42 Å². The van der Waals surface area contributed by atoms with Crippen LogP contribution < -0.4 is 0 Å². The van der Waals surface area contributed by atoms with Crippen LogP contribution in [0.2, 0.25) is 0 Å². The number of aliphatic carboxylic acids is 1. The van der Waals surface area contributed by atoms with E-state index < -0.39 is 5.97 Å². The predicted molar refractivity (Wildman–Crippen MR) is 71.8 cm³/mol. The van der Waals surface area contributed by atoms with Crippen LogP contribution >= 0.6 is 15.9 Å². The second-order valence-electron chi connectivity index (χ2n) is 4.71. The van der Waals surface area contributed by atoms with Crippen molar-refractivity contribution >= 4 is 21.9 Å². The molecule has 1 unspecified atom stereocenters. The molecule has 3 heteroatoms. The third kappa shape index (κ3) is 3.56. The number of aryl methyl sites for hydroxylation is 2. The van der Waals surface area contributed by atoms with Crippen LogP contribution in [0, 0.1) is 0 Å². The molecule has 0 fully saturated rings. The number of rotatable bonds is 4. The molecule has 1 atom stereocenters. The van der Waals surface area contributed by atoms with Crippen LogP contribution in [0.25, 0.3) is 0 Å². The van der Waals surface area contributed by atoms with Crippen molar-refractivity contribution in [1.82, 2.24) is 0 Å². The van der Waals surface area contributed by atoms with Gasteiger partial charge in [-0.05, 0) is 48.8 Å². The van der Waals surface area contributed by atoms with E-state index in [1.54, 1.807) is 0 Å². The van der Waals surface area contributed by atoms with Crippen LogP contribution in [-0.2, 0) is 24.1 Å². The van der Waals surface area contributed by atoms with E-state index in [4.69, 9.17) is 5.11 Å². The summed E-state index contributed by atoms with van der Waals surface area (Å²) >= 11 is 3.43. The Hall–Kier alpha value is -0.830. The Balaban J connectivity index is 2.04. The van der Waals surface area contributed by atoms with Crippen molar-refractivity contribution in [2.24, 2.45) is 0 Å². The first kappa shape index (κ1) is 12.6. The third-order valence-corrected chi connectivity index (χ3v) is 3.91. The van der Waals surface area contributed by atoms with E-state index in [-0.39, 0.29) is 11.2 Å². The van der Waals surface area contributed by atoms with Gasteiger partial charge in [-0.3, -0.25) is 4.79 Å². The second-order valence-corrected chi connectivity index (χ2v) is 6.00. The zero-order chi connectivity index (χ0) is 12.3. The Labute approximate surface area is 110 Å². The maximum atomic E-state index is 10.6. The van der Waals surface area contributed by atoms with Gasteiger partial charge in [-0.25, -0.2) is 0 Å². The first-order valence-corrected chi connectivity index (χ1v) is 7.03. The van der Waals surface area contributed by atoms with Crippen molar-refractivity contribution < 1.29 is 9.90 Å². The van der Waals surface area contributed by atoms with Crippen LogP contribution in [0.3, 0.4) is 0 Å². The zero-order valence-corrected chi connectivity index (χ0v) is 11.4. The fraction of sp³-hybridized carbons (Fsp3) is 0.500. The minimum absolute atomic E-state index is 0.0293. The molecule has 0 heterocycles. The quantitative estimate of drug-likeness (QED) is 0.865. The van der Waals surface area contributed by atoms with Crippen LogP contribution in [0.1, 0.15) is 36.0 Å². The standard InChI is InChI=1S/C14H17BrO2/c15-13(9-14(16)17)8-10-5-6-11-3-1-2-4-12(11)7-10/h5-7,13H,1-4,8-9H2,(H,16,17). The maximum Gasteiger partial charge on any atom is 0.304 e. The summed E-state index contributed by atoms with van der Waals surface area (Å²) in [5, 5.41) is 8.72. The Morgan fingerprint density at radius 3 is 2.71 bits per heavy atom. The van der Waals surface area contributed by atoms with Gasteiger partial charge < -0.3 is 5.11 Å². The lowest BCUT2D eigenvalue weighted by Crippen LogP contribution is -2.10. The van der Waals surface area contributed by atoms with Gasteiger partial charge in [0.1, 0.15) is 0 Å². The van der Waals surface area contributed by atoms with Gasteiger partial charge in [0.05, 0.1) is 6.42 Å². The molecule has 0 saturated carbocycles. The lowest BCUT2D eigenvalue weighted by Gasteiger charge is -2.17. The van der Waals surface area contributed by atoms with Gasteiger partial charge in [-0.15, -0.1) is 0 Å². The SMILES string of the molecule is O=C(O)CC(Br)Cc1ccc2c(c1)CCCC2. The fourth-order valence-electron chi connectivity index (χ4n) is 2.43. The first-order chi connectivity index (χ1) is 8.15. The van der Waals surface area contributed by atoms with Gasteiger partial charge >= 0.3 is 5.97 Å². The van der Waals surface area contributed by atoms with Crippen LogP contribution in [0.5, 0.6) is 0 Å². The summed E-state index contributed by atoms with van der Waals surface area (Å²) in [5.41, 5.74) is 4.18. The summed E-state index contributed by atoms with van der Waals surface area (Å²) < 4.78 is 0. The third-order valence-electron chi connectivity index (χ3n) is 3.27. The number of hydrogen-bond acceptors (Lipinski definition) is 1. The number of carbonyl (C=O) groups is 1. The first-order valence-electron chi connectivity index (χ1n) is 6.11. The summed E-state index contributed by atoms with van der Waals surface area (Å²) in [7, 11) is 0. The number of halogens is 1. The van der Waals surface area contributed by atoms with Gasteiger partial charge in [-0.2, -0.15) is 0 Å². The Morgan fingerprint density at radius 2 is 2.00 bits per heavy atom. The molecule has 2 rings (SSSR count). The molecule has 1 aromatic rings. The molecule has 0 saturated heterocycles. The second kappa shape index (κ2) is 5.67. The lowest BCUT2D eigenvalue weighted by molar-refractivity contribution is -0.136. The molecule has 1 aliphatic rings. The van der Waals surface area contributed by atoms with Crippen molar-refractivity contribution in [3.8, 4) is 0 Å². The van der Waals surface area contributed by atoms with E-state index in [1.165, 1.54) is 42.4 Å². The molecule has 1 aliphatic carbocycles. The minimum Gasteiger partial charge on any atom is -0.481 e. The topological polar surface area (TPSA) is 37.3 Å². The van der Waals surface area contributed by atoms with Gasteiger partial charge in [-0.1, -0.05) is 34.1 Å². The summed E-state index contributed by atoms with van der Waals surface area (Å²) in [4.78, 5) is 10.6. The van der Waals surface area contributed by atoms with Crippen molar-refractivity contribution in [3.05, 3.63) is 34.9 Å². The molecule has 0 bridgehead atoms. The van der Waals surface area contributed by atoms with E-state index in [1.807, 2.05) is 0 Å². The van der Waals surface area contributed by atoms with Crippen molar-refractivity contribution in [3.63, 3.8) is 0 Å². The van der Waals surface area contributed by atoms with Gasteiger partial charge in [0.15, 0.2) is 0 Å². The minimum atomic E-state index is -0.746. The lowest BCUT2D eigenvalue weighted by atomic mass is 9.89. The van der Waals surface area contributed by atoms with Crippen molar-refractivity contribution in [2.45, 2.75) is 43.4 Å². The highest BCUT2D eigenvalue weighted by Crippen LogP contribution is 2.23. The van der Waals surface area contributed by atoms with E-state index in [0.29, 0.717) is 0 Å². The fourth-order valence-corrected chi connectivity index (χ4v) is 3.08. The normalized spacial score (nSPS) is 16.3. The molecule has 1 aromatic carbocycles. The smallest absolute Gasteiger partial charge is 0.304 e. The largest absolute Gasteiger partial charge is 0.481 e. The number of fused-ring (bicyclic) bond motifs is 1. The van der Waals surface area contributed by atoms with Gasteiger partial charge in [0, 0.05) is 4.83 Å². The zero-order valence-electron chi connectivity index (χ0n) is 9.79. The van der Waals surface area contributed by atoms with Crippen LogP contribution in [0.4, 0.5) is 0 Å². The Morgan fingerprint density at radius 1 is 1.29 bits per heavy atom. The van der Waals surface area contributed by atoms with Crippen LogP contribution in [-0.4, -0.2) is 15.9 Å². The number of benzene rings is 1. The predicted octanol–water partition coefficient (Wildman–Crippen LogP) is 3.35. The molecule has 1 N–H and O–H groups in total. The summed E-state index contributed by atoms with van der Waals surface area (Å²) in [6.07, 6.45) is 5.92. The Kier molecular flexibility index (Phi) is 4.21. The van der Waals surface area contributed by atoms with Crippen molar-refractivity contribution in [1.29, 1.82) is 0 Å². The highest BCUT2D eigenvalue weighted by molar-refractivity contribution is 9.09. The average molecular weight is 297 g/mol. The maximum absolute atomic E-state index is 10.6. The van der Waals surface area contributed by atoms with E-state index in [2.05, 4.69) is 34.1 Å². The monoisotopic (exact) mass is 296 g/mol. The highest BCUT2D eigenvalue weighted by atomic mass is 79.9. The molecule has 2 nitrogen and oxygen atoms in total. The number of hydrogen-bond donors (Lipinski definition) is 1. The molecular formula is C14H17BrO2. The molecule has 0 radical (unpaired) electrons. The molecular weight excluding hydrogens is 280 g/mol. The number of carboxylic acid groups (broad SMARTS) is 1. The molecule has 0 spiro atoms. The van der Waals surface area contributed by atoms with Gasteiger partial charge in [0.25, 0.3) is 0 Å². The Bertz CT molecular complexity index is 415. The molecule has 17 heavy (non-hydrogen) atoms. The molecule has 0 amide bonds. The van der Waals surface area contributed by atoms with Crippen LogP contribution in [0.15, 0.2) is 18.2 Å². The summed E-state index contributed by atoms with van der Waals surface area (Å²) in [6, 6.07) is 6.61. The molecule has 92 valence electrons. The summed E-state index contributed by atoms with van der Waals surface area (Å²) in [6.45, 7) is 0. The number of alkyl halides is 1. The average Bonchev–Trinajstić information content (AvgIpc) is 2.27. The molecule has 0 aliphatic heterocycles. The number of carboxylic acids is 1. The van der Waals surface area contributed by atoms with Gasteiger partial charge in [0.2, 0.25) is 0 Å². The molecule has 0 aromatic heterocycles. The van der Waals surface area contributed by atoms with Crippen molar-refractivity contribution in [2.75, 3.05) is 0 Å². The van der Waals surface area contributed by atoms with E-state index >= 15 is 0 Å². The van der Waals surface area contributed by atoms with E-state index in [9.17, 15) is 4.79 Å².